The van der Waals surface area contributed by atoms with E-state index < -0.39 is 0 Å². The Morgan fingerprint density at radius 3 is 2.43 bits per heavy atom. The van der Waals surface area contributed by atoms with Crippen LogP contribution in [0.15, 0.2) is 58.5 Å². The standard InChI is InChI=1S/C23H28N2O2S/c1-16(14-27-5)25-21(26)19-8-6-7-9-20(19)24-22(25)28-15-17-10-12-18(13-11-17)23(2,3)4/h6-13,16H,14-15H2,1-5H3. The van der Waals surface area contributed by atoms with Gasteiger partial charge in [0.15, 0.2) is 5.16 Å². The first-order chi connectivity index (χ1) is 13.3. The van der Waals surface area contributed by atoms with Crippen LogP contribution in [0.5, 0.6) is 0 Å². The number of para-hydroxylation sites is 1. The molecule has 0 spiro atoms. The molecule has 148 valence electrons. The molecule has 0 N–H and O–H groups in total. The summed E-state index contributed by atoms with van der Waals surface area (Å²) in [6.07, 6.45) is 0. The highest BCUT2D eigenvalue weighted by Gasteiger charge is 2.17. The zero-order chi connectivity index (χ0) is 20.3. The number of thioether (sulfide) groups is 1. The fourth-order valence-corrected chi connectivity index (χ4v) is 4.23. The van der Waals surface area contributed by atoms with Gasteiger partial charge in [-0.25, -0.2) is 4.98 Å². The number of nitrogens with zero attached hydrogens (tertiary/aromatic N) is 2. The van der Waals surface area contributed by atoms with E-state index in [9.17, 15) is 4.79 Å². The van der Waals surface area contributed by atoms with E-state index in [4.69, 9.17) is 9.72 Å². The molecular formula is C23H28N2O2S. The van der Waals surface area contributed by atoms with Gasteiger partial charge in [-0.1, -0.05) is 68.9 Å². The molecule has 3 aromatic rings. The Hall–Kier alpha value is -2.11. The maximum atomic E-state index is 13.1. The maximum absolute atomic E-state index is 13.1. The second-order valence-corrected chi connectivity index (χ2v) is 9.07. The van der Waals surface area contributed by atoms with E-state index in [0.717, 1.165) is 16.4 Å². The third-order valence-corrected chi connectivity index (χ3v) is 5.84. The summed E-state index contributed by atoms with van der Waals surface area (Å²) in [7, 11) is 1.65. The molecule has 1 unspecified atom stereocenters. The minimum Gasteiger partial charge on any atom is -0.383 e. The molecule has 0 saturated heterocycles. The van der Waals surface area contributed by atoms with Crippen LogP contribution in [-0.2, 0) is 15.9 Å². The first-order valence-corrected chi connectivity index (χ1v) is 10.5. The molecule has 1 aromatic heterocycles. The summed E-state index contributed by atoms with van der Waals surface area (Å²) in [5.74, 6) is 0.759. The van der Waals surface area contributed by atoms with Crippen LogP contribution in [0.2, 0.25) is 0 Å². The molecule has 0 saturated carbocycles. The lowest BCUT2D eigenvalue weighted by molar-refractivity contribution is 0.156. The van der Waals surface area contributed by atoms with E-state index >= 15 is 0 Å². The highest BCUT2D eigenvalue weighted by atomic mass is 32.2. The molecule has 0 fully saturated rings. The number of fused-ring (bicyclic) bond motifs is 1. The Morgan fingerprint density at radius 1 is 1.11 bits per heavy atom. The fraction of sp³-hybridized carbons (Fsp3) is 0.391. The lowest BCUT2D eigenvalue weighted by Crippen LogP contribution is -2.28. The quantitative estimate of drug-likeness (QED) is 0.425. The normalized spacial score (nSPS) is 13.0. The number of methoxy groups -OCH3 is 1. The first kappa shape index (κ1) is 20.6. The van der Waals surface area contributed by atoms with Gasteiger partial charge in [-0.3, -0.25) is 9.36 Å². The van der Waals surface area contributed by atoms with Gasteiger partial charge in [-0.15, -0.1) is 0 Å². The summed E-state index contributed by atoms with van der Waals surface area (Å²) in [4.78, 5) is 17.9. The summed E-state index contributed by atoms with van der Waals surface area (Å²) in [6, 6.07) is 16.1. The SMILES string of the molecule is COCC(C)n1c(SCc2ccc(C(C)(C)C)cc2)nc2ccccc2c1=O. The molecule has 4 nitrogen and oxygen atoms in total. The lowest BCUT2D eigenvalue weighted by atomic mass is 9.87. The van der Waals surface area contributed by atoms with Gasteiger partial charge < -0.3 is 4.74 Å². The molecule has 0 amide bonds. The van der Waals surface area contributed by atoms with Gasteiger partial charge in [0.1, 0.15) is 0 Å². The van der Waals surface area contributed by atoms with Crippen molar-refractivity contribution >= 4 is 22.7 Å². The van der Waals surface area contributed by atoms with Crippen LogP contribution in [0.1, 0.15) is 44.9 Å². The van der Waals surface area contributed by atoms with Crippen LogP contribution in [0.4, 0.5) is 0 Å². The van der Waals surface area contributed by atoms with Crippen LogP contribution in [0.25, 0.3) is 10.9 Å². The summed E-state index contributed by atoms with van der Waals surface area (Å²) in [6.45, 7) is 9.10. The topological polar surface area (TPSA) is 44.1 Å². The van der Waals surface area contributed by atoms with E-state index in [0.29, 0.717) is 12.0 Å². The minimum absolute atomic E-state index is 0.0132. The molecule has 5 heteroatoms. The van der Waals surface area contributed by atoms with Crippen LogP contribution >= 0.6 is 11.8 Å². The van der Waals surface area contributed by atoms with Crippen LogP contribution in [-0.4, -0.2) is 23.3 Å². The van der Waals surface area contributed by atoms with Crippen molar-refractivity contribution in [3.63, 3.8) is 0 Å². The highest BCUT2D eigenvalue weighted by molar-refractivity contribution is 7.98. The lowest BCUT2D eigenvalue weighted by Gasteiger charge is -2.20. The zero-order valence-electron chi connectivity index (χ0n) is 17.2. The smallest absolute Gasteiger partial charge is 0.262 e. The summed E-state index contributed by atoms with van der Waals surface area (Å²) in [5, 5.41) is 1.37. The van der Waals surface area contributed by atoms with Gasteiger partial charge in [-0.05, 0) is 35.6 Å². The second kappa shape index (κ2) is 8.50. The van der Waals surface area contributed by atoms with Crippen molar-refractivity contribution in [3.05, 3.63) is 70.0 Å². The number of aromatic nitrogens is 2. The number of ether oxygens (including phenoxy) is 1. The fourth-order valence-electron chi connectivity index (χ4n) is 3.18. The first-order valence-electron chi connectivity index (χ1n) is 9.53. The van der Waals surface area contributed by atoms with E-state index in [1.54, 1.807) is 23.4 Å². The largest absolute Gasteiger partial charge is 0.383 e. The number of rotatable bonds is 6. The van der Waals surface area contributed by atoms with Crippen LogP contribution in [0.3, 0.4) is 0 Å². The van der Waals surface area contributed by atoms with E-state index in [2.05, 4.69) is 45.0 Å². The minimum atomic E-state index is -0.0830. The third-order valence-electron chi connectivity index (χ3n) is 4.81. The Kier molecular flexibility index (Phi) is 6.26. The summed E-state index contributed by atoms with van der Waals surface area (Å²) in [5.41, 5.74) is 3.39. The van der Waals surface area contributed by atoms with Crippen molar-refractivity contribution < 1.29 is 4.74 Å². The molecule has 0 bridgehead atoms. The summed E-state index contributed by atoms with van der Waals surface area (Å²) >= 11 is 1.59. The van der Waals surface area contributed by atoms with Crippen LogP contribution < -0.4 is 5.56 Å². The maximum Gasteiger partial charge on any atom is 0.262 e. The Labute approximate surface area is 171 Å². The Morgan fingerprint density at radius 2 is 1.79 bits per heavy atom. The van der Waals surface area contributed by atoms with Gasteiger partial charge in [-0.2, -0.15) is 0 Å². The molecule has 0 aliphatic heterocycles. The van der Waals surface area contributed by atoms with Crippen molar-refractivity contribution in [1.82, 2.24) is 9.55 Å². The van der Waals surface area contributed by atoms with Gasteiger partial charge in [0.05, 0.1) is 23.6 Å². The molecule has 0 aliphatic rings. The highest BCUT2D eigenvalue weighted by Crippen LogP contribution is 2.27. The van der Waals surface area contributed by atoms with E-state index in [1.165, 1.54) is 11.1 Å². The molecule has 28 heavy (non-hydrogen) atoms. The molecular weight excluding hydrogens is 368 g/mol. The molecule has 1 heterocycles. The zero-order valence-corrected chi connectivity index (χ0v) is 18.0. The third kappa shape index (κ3) is 4.47. The molecule has 1 atom stereocenters. The van der Waals surface area contributed by atoms with Crippen molar-refractivity contribution in [2.24, 2.45) is 0 Å². The predicted molar refractivity (Wildman–Crippen MR) is 117 cm³/mol. The Balaban J connectivity index is 1.93. The number of benzene rings is 2. The van der Waals surface area contributed by atoms with Crippen molar-refractivity contribution in [1.29, 1.82) is 0 Å². The second-order valence-electron chi connectivity index (χ2n) is 8.13. The van der Waals surface area contributed by atoms with E-state index in [1.807, 2.05) is 31.2 Å². The van der Waals surface area contributed by atoms with Crippen molar-refractivity contribution in [2.45, 2.75) is 50.1 Å². The van der Waals surface area contributed by atoms with Gasteiger partial charge in [0.2, 0.25) is 0 Å². The predicted octanol–water partition coefficient (Wildman–Crippen LogP) is 5.19. The molecule has 0 aliphatic carbocycles. The van der Waals surface area contributed by atoms with Crippen molar-refractivity contribution in [3.8, 4) is 0 Å². The monoisotopic (exact) mass is 396 g/mol. The number of hydrogen-bond acceptors (Lipinski definition) is 4. The van der Waals surface area contributed by atoms with Gasteiger partial charge >= 0.3 is 0 Å². The number of hydrogen-bond donors (Lipinski definition) is 0. The Bertz CT molecular complexity index is 1000. The van der Waals surface area contributed by atoms with Crippen LogP contribution in [0, 0.1) is 0 Å². The van der Waals surface area contributed by atoms with E-state index in [-0.39, 0.29) is 17.0 Å². The average molecular weight is 397 g/mol. The van der Waals surface area contributed by atoms with Crippen molar-refractivity contribution in [2.75, 3.05) is 13.7 Å². The molecule has 3 rings (SSSR count). The molecule has 2 aromatic carbocycles. The molecule has 0 radical (unpaired) electrons. The average Bonchev–Trinajstić information content (AvgIpc) is 2.66. The summed E-state index contributed by atoms with van der Waals surface area (Å²) < 4.78 is 7.06. The van der Waals surface area contributed by atoms with Gasteiger partial charge in [0.25, 0.3) is 5.56 Å². The van der Waals surface area contributed by atoms with Gasteiger partial charge in [0, 0.05) is 12.9 Å².